The Hall–Kier alpha value is -2.05. The Morgan fingerprint density at radius 1 is 1.22 bits per heavy atom. The minimum atomic E-state index is -0.407. The first-order valence-corrected chi connectivity index (χ1v) is 5.90. The zero-order valence-corrected chi connectivity index (χ0v) is 10.8. The highest BCUT2D eigenvalue weighted by atomic mass is 16.2. The van der Waals surface area contributed by atoms with Crippen molar-refractivity contribution in [2.24, 2.45) is 14.1 Å². The molecule has 0 saturated carbocycles. The molecular formula is C11H17N5O2. The van der Waals surface area contributed by atoms with Gasteiger partial charge < -0.3 is 5.73 Å². The predicted molar refractivity (Wildman–Crippen MR) is 69.5 cm³/mol. The van der Waals surface area contributed by atoms with Crippen molar-refractivity contribution in [3.8, 4) is 0 Å². The molecule has 0 amide bonds. The van der Waals surface area contributed by atoms with Gasteiger partial charge in [0.2, 0.25) is 5.95 Å². The Bertz CT molecular complexity index is 707. The van der Waals surface area contributed by atoms with Gasteiger partial charge in [0.1, 0.15) is 0 Å². The zero-order chi connectivity index (χ0) is 13.4. The molecule has 0 atom stereocenters. The number of nitrogens with zero attached hydrogens (tertiary/aromatic N) is 4. The largest absolute Gasteiger partial charge is 0.369 e. The Kier molecular flexibility index (Phi) is 2.98. The lowest BCUT2D eigenvalue weighted by molar-refractivity contribution is 0.627. The number of anilines is 1. The summed E-state index contributed by atoms with van der Waals surface area (Å²) in [5.74, 6) is 0.275. The quantitative estimate of drug-likeness (QED) is 0.819. The molecule has 0 aliphatic carbocycles. The Morgan fingerprint density at radius 2 is 1.89 bits per heavy atom. The Labute approximate surface area is 103 Å². The van der Waals surface area contributed by atoms with Crippen LogP contribution in [-0.4, -0.2) is 18.7 Å². The average molecular weight is 251 g/mol. The van der Waals surface area contributed by atoms with Crippen LogP contribution >= 0.6 is 0 Å². The molecule has 18 heavy (non-hydrogen) atoms. The van der Waals surface area contributed by atoms with E-state index in [-0.39, 0.29) is 17.2 Å². The molecule has 2 heterocycles. The van der Waals surface area contributed by atoms with Gasteiger partial charge in [0.25, 0.3) is 5.56 Å². The summed E-state index contributed by atoms with van der Waals surface area (Å²) in [6.07, 6.45) is 1.91. The molecule has 0 aliphatic heterocycles. The summed E-state index contributed by atoms with van der Waals surface area (Å²) in [5.41, 5.74) is 5.78. The van der Waals surface area contributed by atoms with Gasteiger partial charge in [-0.3, -0.25) is 18.5 Å². The predicted octanol–water partition coefficient (Wildman–Crippen LogP) is -0.184. The molecule has 0 fully saturated rings. The zero-order valence-electron chi connectivity index (χ0n) is 10.8. The number of unbranched alkanes of at least 4 members (excludes halogenated alkanes) is 1. The van der Waals surface area contributed by atoms with E-state index in [4.69, 9.17) is 5.73 Å². The van der Waals surface area contributed by atoms with Gasteiger partial charge in [0, 0.05) is 20.6 Å². The van der Waals surface area contributed by atoms with E-state index in [1.165, 1.54) is 11.6 Å². The second-order valence-corrected chi connectivity index (χ2v) is 4.35. The monoisotopic (exact) mass is 251 g/mol. The lowest BCUT2D eigenvalue weighted by Crippen LogP contribution is -2.37. The maximum absolute atomic E-state index is 12.0. The number of hydrogen-bond acceptors (Lipinski definition) is 4. The highest BCUT2D eigenvalue weighted by molar-refractivity contribution is 5.73. The summed E-state index contributed by atoms with van der Waals surface area (Å²) >= 11 is 0. The van der Waals surface area contributed by atoms with Gasteiger partial charge in [-0.15, -0.1) is 0 Å². The van der Waals surface area contributed by atoms with Gasteiger partial charge in [-0.05, 0) is 6.42 Å². The number of aryl methyl sites for hydroxylation is 2. The molecule has 2 rings (SSSR count). The first kappa shape index (κ1) is 12.4. The van der Waals surface area contributed by atoms with Gasteiger partial charge in [0.05, 0.1) is 0 Å². The molecule has 0 saturated heterocycles. The number of rotatable bonds is 3. The standard InChI is InChI=1S/C11H17N5O2/c1-4-5-6-16-8-7(13-10(16)12)9(17)15(3)11(18)14(8)2/h4-6H2,1-3H3,(H2,12,13). The van der Waals surface area contributed by atoms with Crippen molar-refractivity contribution in [2.75, 3.05) is 5.73 Å². The highest BCUT2D eigenvalue weighted by Crippen LogP contribution is 2.13. The number of aromatic nitrogens is 4. The molecule has 2 aromatic heterocycles. The second-order valence-electron chi connectivity index (χ2n) is 4.35. The van der Waals surface area contributed by atoms with E-state index in [0.717, 1.165) is 17.4 Å². The first-order valence-electron chi connectivity index (χ1n) is 5.90. The van der Waals surface area contributed by atoms with E-state index in [1.54, 1.807) is 11.6 Å². The summed E-state index contributed by atoms with van der Waals surface area (Å²) in [6.45, 7) is 2.71. The van der Waals surface area contributed by atoms with Crippen LogP contribution in [0.1, 0.15) is 19.8 Å². The Morgan fingerprint density at radius 3 is 2.50 bits per heavy atom. The lowest BCUT2D eigenvalue weighted by Gasteiger charge is -2.08. The molecule has 0 aliphatic rings. The fourth-order valence-electron chi connectivity index (χ4n) is 2.04. The van der Waals surface area contributed by atoms with E-state index in [1.807, 2.05) is 0 Å². The number of nitrogens with two attached hydrogens (primary N) is 1. The van der Waals surface area contributed by atoms with Crippen molar-refractivity contribution in [3.63, 3.8) is 0 Å². The van der Waals surface area contributed by atoms with E-state index < -0.39 is 5.56 Å². The van der Waals surface area contributed by atoms with Gasteiger partial charge in [-0.25, -0.2) is 9.78 Å². The first-order chi connectivity index (χ1) is 8.49. The molecule has 2 N–H and O–H groups in total. The van der Waals surface area contributed by atoms with Crippen molar-refractivity contribution in [1.29, 1.82) is 0 Å². The number of fused-ring (bicyclic) bond motifs is 1. The van der Waals surface area contributed by atoms with Crippen molar-refractivity contribution in [3.05, 3.63) is 20.8 Å². The third kappa shape index (κ3) is 1.62. The minimum absolute atomic E-state index is 0.244. The SMILES string of the molecule is CCCCn1c(N)nc2c(=O)n(C)c(=O)n(C)c21. The average Bonchev–Trinajstić information content (AvgIpc) is 2.68. The van der Waals surface area contributed by atoms with Crippen LogP contribution in [0.15, 0.2) is 9.59 Å². The highest BCUT2D eigenvalue weighted by Gasteiger charge is 2.16. The maximum atomic E-state index is 12.0. The topological polar surface area (TPSA) is 87.8 Å². The van der Waals surface area contributed by atoms with Crippen molar-refractivity contribution < 1.29 is 0 Å². The van der Waals surface area contributed by atoms with Gasteiger partial charge in [0.15, 0.2) is 11.2 Å². The van der Waals surface area contributed by atoms with Crippen LogP contribution in [0.2, 0.25) is 0 Å². The Balaban J connectivity index is 2.86. The number of hydrogen-bond donors (Lipinski definition) is 1. The summed E-state index contributed by atoms with van der Waals surface area (Å²) in [5, 5.41) is 0. The summed E-state index contributed by atoms with van der Waals surface area (Å²) in [6, 6.07) is 0. The van der Waals surface area contributed by atoms with Crippen LogP contribution in [0, 0.1) is 0 Å². The number of imidazole rings is 1. The van der Waals surface area contributed by atoms with Crippen LogP contribution in [0.25, 0.3) is 11.2 Å². The lowest BCUT2D eigenvalue weighted by atomic mass is 10.3. The van der Waals surface area contributed by atoms with Gasteiger partial charge >= 0.3 is 5.69 Å². The fourth-order valence-corrected chi connectivity index (χ4v) is 2.04. The molecule has 7 nitrogen and oxygen atoms in total. The van der Waals surface area contributed by atoms with Crippen molar-refractivity contribution >= 4 is 17.1 Å². The van der Waals surface area contributed by atoms with Crippen LogP contribution in [0.3, 0.4) is 0 Å². The summed E-state index contributed by atoms with van der Waals surface area (Å²) in [7, 11) is 3.05. The molecule has 0 radical (unpaired) electrons. The van der Waals surface area contributed by atoms with Crippen molar-refractivity contribution in [2.45, 2.75) is 26.3 Å². The molecular weight excluding hydrogens is 234 g/mol. The second kappa shape index (κ2) is 4.32. The third-order valence-electron chi connectivity index (χ3n) is 3.10. The van der Waals surface area contributed by atoms with Crippen LogP contribution in [0.4, 0.5) is 5.95 Å². The molecule has 0 aromatic carbocycles. The molecule has 0 bridgehead atoms. The molecule has 0 unspecified atom stereocenters. The summed E-state index contributed by atoms with van der Waals surface area (Å²) < 4.78 is 4.18. The molecule has 7 heteroatoms. The summed E-state index contributed by atoms with van der Waals surface area (Å²) in [4.78, 5) is 27.9. The van der Waals surface area contributed by atoms with Gasteiger partial charge in [-0.1, -0.05) is 13.3 Å². The fraction of sp³-hybridized carbons (Fsp3) is 0.545. The van der Waals surface area contributed by atoms with Crippen LogP contribution in [0.5, 0.6) is 0 Å². The smallest absolute Gasteiger partial charge is 0.332 e. The van der Waals surface area contributed by atoms with Gasteiger partial charge in [-0.2, -0.15) is 0 Å². The van der Waals surface area contributed by atoms with Crippen LogP contribution in [-0.2, 0) is 20.6 Å². The van der Waals surface area contributed by atoms with Crippen molar-refractivity contribution in [1.82, 2.24) is 18.7 Å². The molecule has 0 spiro atoms. The van der Waals surface area contributed by atoms with E-state index in [0.29, 0.717) is 12.2 Å². The maximum Gasteiger partial charge on any atom is 0.332 e. The van der Waals surface area contributed by atoms with E-state index >= 15 is 0 Å². The molecule has 98 valence electrons. The van der Waals surface area contributed by atoms with Crippen LogP contribution < -0.4 is 17.0 Å². The van der Waals surface area contributed by atoms with E-state index in [9.17, 15) is 9.59 Å². The minimum Gasteiger partial charge on any atom is -0.369 e. The third-order valence-corrected chi connectivity index (χ3v) is 3.10. The molecule has 2 aromatic rings. The van der Waals surface area contributed by atoms with E-state index in [2.05, 4.69) is 11.9 Å². The number of nitrogen functional groups attached to an aromatic ring is 1. The normalized spacial score (nSPS) is 11.3.